The Morgan fingerprint density at radius 2 is 0.671 bits per heavy atom. The zero-order valence-corrected chi connectivity index (χ0v) is 39.3. The van der Waals surface area contributed by atoms with E-state index < -0.39 is 8.07 Å². The molecule has 0 saturated heterocycles. The lowest BCUT2D eigenvalue weighted by atomic mass is 10.0. The standard InChI is InChI=1S/C66H45N3Si/c1-5-23-46(24-6-1)52-31-13-18-36-59(52)69-63-40-22-16-34-55(63)57-42-41-47(44-64(57)69)68-62-39-21-17-35-56(62)58-43-48(67-60-37-19-14-32-53(60)54-33-15-20-38-61(54)67)45-65(66(58)68)70(49-25-7-2-8-26-49,50-27-9-3-10-28-50)51-29-11-4-12-30-51/h1-45H. The smallest absolute Gasteiger partial charge is 0.181 e. The summed E-state index contributed by atoms with van der Waals surface area (Å²) in [5.74, 6) is 0. The molecule has 0 aliphatic rings. The van der Waals surface area contributed by atoms with Crippen LogP contribution >= 0.6 is 0 Å². The van der Waals surface area contributed by atoms with Crippen molar-refractivity contribution in [2.75, 3.05) is 0 Å². The van der Waals surface area contributed by atoms with Gasteiger partial charge < -0.3 is 13.7 Å². The van der Waals surface area contributed by atoms with Crippen molar-refractivity contribution in [3.05, 3.63) is 273 Å². The Balaban J connectivity index is 1.17. The Morgan fingerprint density at radius 3 is 1.21 bits per heavy atom. The molecule has 3 aromatic heterocycles. The molecule has 328 valence electrons. The summed E-state index contributed by atoms with van der Waals surface area (Å²) in [6, 6.07) is 102. The van der Waals surface area contributed by atoms with Gasteiger partial charge in [0.1, 0.15) is 0 Å². The van der Waals surface area contributed by atoms with Gasteiger partial charge in [-0.1, -0.05) is 218 Å². The first-order valence-corrected chi connectivity index (χ1v) is 26.2. The van der Waals surface area contributed by atoms with Crippen LogP contribution in [0.25, 0.3) is 93.6 Å². The predicted molar refractivity (Wildman–Crippen MR) is 299 cm³/mol. The van der Waals surface area contributed by atoms with Crippen molar-refractivity contribution >= 4 is 94.2 Å². The van der Waals surface area contributed by atoms with Crippen LogP contribution in [0.5, 0.6) is 0 Å². The third kappa shape index (κ3) is 5.94. The van der Waals surface area contributed by atoms with Crippen LogP contribution in [0.1, 0.15) is 0 Å². The van der Waals surface area contributed by atoms with Crippen LogP contribution in [0.3, 0.4) is 0 Å². The van der Waals surface area contributed by atoms with Crippen LogP contribution in [0, 0.1) is 0 Å². The van der Waals surface area contributed by atoms with E-state index in [1.54, 1.807) is 0 Å². The molecule has 70 heavy (non-hydrogen) atoms. The summed E-state index contributed by atoms with van der Waals surface area (Å²) in [5, 5.41) is 12.7. The highest BCUT2D eigenvalue weighted by Crippen LogP contribution is 2.41. The number of hydrogen-bond donors (Lipinski definition) is 0. The van der Waals surface area contributed by atoms with Crippen LogP contribution in [-0.2, 0) is 0 Å². The third-order valence-corrected chi connectivity index (χ3v) is 19.5. The van der Waals surface area contributed by atoms with Gasteiger partial charge in [0.05, 0.1) is 38.8 Å². The second kappa shape index (κ2) is 16.1. The minimum Gasteiger partial charge on any atom is -0.309 e. The number of rotatable bonds is 8. The molecule has 0 atom stereocenters. The van der Waals surface area contributed by atoms with Gasteiger partial charge in [-0.2, -0.15) is 0 Å². The van der Waals surface area contributed by atoms with E-state index in [9.17, 15) is 0 Å². The Hall–Kier alpha value is -8.96. The molecule has 0 fully saturated rings. The highest BCUT2D eigenvalue weighted by molar-refractivity contribution is 7.20. The molecule has 0 spiro atoms. The lowest BCUT2D eigenvalue weighted by molar-refractivity contribution is 1.15. The monoisotopic (exact) mass is 907 g/mol. The van der Waals surface area contributed by atoms with Crippen LogP contribution in [-0.4, -0.2) is 21.8 Å². The van der Waals surface area contributed by atoms with E-state index in [2.05, 4.69) is 287 Å². The molecule has 14 aromatic rings. The van der Waals surface area contributed by atoms with Crippen LogP contribution in [0.2, 0.25) is 0 Å². The first-order chi connectivity index (χ1) is 34.8. The lowest BCUT2D eigenvalue weighted by Crippen LogP contribution is -2.75. The number of hydrogen-bond acceptors (Lipinski definition) is 0. The summed E-state index contributed by atoms with van der Waals surface area (Å²) in [6.07, 6.45) is 0. The molecule has 0 unspecified atom stereocenters. The maximum atomic E-state index is 2.59. The number of nitrogens with zero attached hydrogens (tertiary/aromatic N) is 3. The van der Waals surface area contributed by atoms with E-state index in [0.29, 0.717) is 0 Å². The molecule has 0 aliphatic heterocycles. The fourth-order valence-corrected chi connectivity index (χ4v) is 16.9. The van der Waals surface area contributed by atoms with Crippen molar-refractivity contribution in [3.63, 3.8) is 0 Å². The lowest BCUT2D eigenvalue weighted by Gasteiger charge is -2.35. The molecular weight excluding hydrogens is 863 g/mol. The maximum Gasteiger partial charge on any atom is 0.181 e. The molecule has 3 heterocycles. The summed E-state index contributed by atoms with van der Waals surface area (Å²) < 4.78 is 7.59. The van der Waals surface area contributed by atoms with Gasteiger partial charge in [-0.05, 0) is 80.9 Å². The zero-order valence-electron chi connectivity index (χ0n) is 38.3. The molecule has 14 rings (SSSR count). The van der Waals surface area contributed by atoms with Gasteiger partial charge in [-0.15, -0.1) is 0 Å². The van der Waals surface area contributed by atoms with E-state index in [0.717, 1.165) is 22.6 Å². The summed E-state index contributed by atoms with van der Waals surface area (Å²) in [7, 11) is -3.20. The Kier molecular flexibility index (Phi) is 9.23. The van der Waals surface area contributed by atoms with Crippen molar-refractivity contribution in [3.8, 4) is 28.2 Å². The Morgan fingerprint density at radius 1 is 0.257 bits per heavy atom. The van der Waals surface area contributed by atoms with Gasteiger partial charge in [-0.3, -0.25) is 0 Å². The average Bonchev–Trinajstić information content (AvgIpc) is 4.08. The normalized spacial score (nSPS) is 12.0. The molecule has 0 N–H and O–H groups in total. The predicted octanol–water partition coefficient (Wildman–Crippen LogP) is 14.0. The Bertz CT molecular complexity index is 4130. The van der Waals surface area contributed by atoms with Crippen LogP contribution in [0.15, 0.2) is 273 Å². The first-order valence-electron chi connectivity index (χ1n) is 24.2. The summed E-state index contributed by atoms with van der Waals surface area (Å²) in [4.78, 5) is 0. The molecule has 11 aromatic carbocycles. The van der Waals surface area contributed by atoms with E-state index in [1.165, 1.54) is 91.8 Å². The van der Waals surface area contributed by atoms with Crippen molar-refractivity contribution in [1.29, 1.82) is 0 Å². The van der Waals surface area contributed by atoms with Crippen molar-refractivity contribution in [2.24, 2.45) is 0 Å². The van der Waals surface area contributed by atoms with E-state index in [1.807, 2.05) is 0 Å². The molecule has 3 nitrogen and oxygen atoms in total. The molecule has 0 bridgehead atoms. The van der Waals surface area contributed by atoms with Crippen LogP contribution < -0.4 is 20.7 Å². The van der Waals surface area contributed by atoms with Crippen LogP contribution in [0.4, 0.5) is 0 Å². The van der Waals surface area contributed by atoms with E-state index in [4.69, 9.17) is 0 Å². The highest BCUT2D eigenvalue weighted by atomic mass is 28.3. The maximum absolute atomic E-state index is 3.20. The highest BCUT2D eigenvalue weighted by Gasteiger charge is 2.44. The topological polar surface area (TPSA) is 14.8 Å². The fourth-order valence-electron chi connectivity index (χ4n) is 11.9. The van der Waals surface area contributed by atoms with Gasteiger partial charge in [0.25, 0.3) is 0 Å². The number of benzene rings is 11. The van der Waals surface area contributed by atoms with E-state index in [-0.39, 0.29) is 0 Å². The van der Waals surface area contributed by atoms with E-state index >= 15 is 0 Å². The van der Waals surface area contributed by atoms with Gasteiger partial charge in [-0.25, -0.2) is 0 Å². The van der Waals surface area contributed by atoms with Gasteiger partial charge in [0.15, 0.2) is 8.07 Å². The molecule has 4 heteroatoms. The second-order valence-electron chi connectivity index (χ2n) is 18.4. The molecular formula is C66H45N3Si. The Labute approximate surface area is 407 Å². The summed E-state index contributed by atoms with van der Waals surface area (Å²) in [5.41, 5.74) is 12.9. The minimum absolute atomic E-state index is 1.11. The summed E-state index contributed by atoms with van der Waals surface area (Å²) in [6.45, 7) is 0. The quantitative estimate of drug-likeness (QED) is 0.107. The first kappa shape index (κ1) is 40.1. The molecule has 0 saturated carbocycles. The molecule has 0 radical (unpaired) electrons. The second-order valence-corrected chi connectivity index (χ2v) is 22.2. The fraction of sp³-hybridized carbons (Fsp3) is 0. The van der Waals surface area contributed by atoms with Crippen molar-refractivity contribution < 1.29 is 0 Å². The average molecular weight is 908 g/mol. The number of fused-ring (bicyclic) bond motifs is 9. The molecule has 0 aliphatic carbocycles. The zero-order chi connectivity index (χ0) is 46.2. The van der Waals surface area contributed by atoms with Gasteiger partial charge in [0, 0.05) is 49.3 Å². The largest absolute Gasteiger partial charge is 0.309 e. The minimum atomic E-state index is -3.20. The number of para-hydroxylation sites is 5. The number of aromatic nitrogens is 3. The van der Waals surface area contributed by atoms with Gasteiger partial charge in [0.2, 0.25) is 0 Å². The third-order valence-electron chi connectivity index (χ3n) is 14.8. The van der Waals surface area contributed by atoms with Gasteiger partial charge >= 0.3 is 0 Å². The summed E-state index contributed by atoms with van der Waals surface area (Å²) >= 11 is 0. The SMILES string of the molecule is c1ccc(-c2ccccc2-n2c3ccccc3c3ccc(-n4c5ccccc5c5cc(-n6c7ccccc7c7ccccc76)cc([Si](c6ccccc6)(c6ccccc6)c6ccccc6)c54)cc32)cc1. The van der Waals surface area contributed by atoms with Crippen molar-refractivity contribution in [1.82, 2.24) is 13.7 Å². The molecule has 0 amide bonds. The van der Waals surface area contributed by atoms with Crippen molar-refractivity contribution in [2.45, 2.75) is 0 Å².